The quantitative estimate of drug-likeness (QED) is 0.443. The Morgan fingerprint density at radius 1 is 1.15 bits per heavy atom. The van der Waals surface area contributed by atoms with Crippen molar-refractivity contribution in [1.82, 2.24) is 19.7 Å². The zero-order valence-electron chi connectivity index (χ0n) is 22.7. The number of phenolic OH excluding ortho intramolecular Hbond substituents is 1. The molecule has 39 heavy (non-hydrogen) atoms. The van der Waals surface area contributed by atoms with Gasteiger partial charge in [0.05, 0.1) is 7.11 Å². The van der Waals surface area contributed by atoms with E-state index in [1.165, 1.54) is 24.9 Å². The molecule has 3 aliphatic heterocycles. The first-order chi connectivity index (χ1) is 18.7. The number of aromatic amines is 1. The van der Waals surface area contributed by atoms with E-state index >= 15 is 4.39 Å². The van der Waals surface area contributed by atoms with Gasteiger partial charge in [-0.3, -0.25) is 14.6 Å². The van der Waals surface area contributed by atoms with Crippen LogP contribution in [0.1, 0.15) is 56.0 Å². The van der Waals surface area contributed by atoms with Gasteiger partial charge in [0.1, 0.15) is 17.3 Å². The zero-order chi connectivity index (χ0) is 27.5. The lowest BCUT2D eigenvalue weighted by Crippen LogP contribution is -2.53. The molecule has 0 saturated carbocycles. The number of piperidine rings is 1. The van der Waals surface area contributed by atoms with Crippen LogP contribution in [0.5, 0.6) is 11.5 Å². The lowest BCUT2D eigenvalue weighted by molar-refractivity contribution is -0.133. The maximum Gasteiger partial charge on any atom is 0.328 e. The molecule has 6 rings (SSSR count). The Morgan fingerprint density at radius 2 is 1.92 bits per heavy atom. The molecule has 3 amide bonds. The van der Waals surface area contributed by atoms with Crippen molar-refractivity contribution >= 4 is 22.8 Å². The summed E-state index contributed by atoms with van der Waals surface area (Å²) in [4.78, 5) is 36.7. The molecule has 0 aliphatic carbocycles. The zero-order valence-corrected chi connectivity index (χ0v) is 22.7. The minimum atomic E-state index is -1.20. The van der Waals surface area contributed by atoms with Crippen molar-refractivity contribution in [2.24, 2.45) is 5.92 Å². The first-order valence-electron chi connectivity index (χ1n) is 13.8. The lowest BCUT2D eigenvalue weighted by Gasteiger charge is -2.42. The fourth-order valence-corrected chi connectivity index (χ4v) is 6.68. The number of methoxy groups -OCH3 is 1. The fraction of sp³-hybridized carbons (Fsp3) is 0.467. The molecule has 8 nitrogen and oxygen atoms in total. The lowest BCUT2D eigenvalue weighted by atomic mass is 9.81. The Balaban J connectivity index is 1.39. The molecule has 2 fully saturated rings. The van der Waals surface area contributed by atoms with E-state index in [2.05, 4.69) is 16.8 Å². The third-order valence-electron chi connectivity index (χ3n) is 8.87. The van der Waals surface area contributed by atoms with Gasteiger partial charge in [-0.1, -0.05) is 19.1 Å². The van der Waals surface area contributed by atoms with Crippen molar-refractivity contribution < 1.29 is 23.8 Å². The highest BCUT2D eigenvalue weighted by atomic mass is 19.1. The molecule has 0 bridgehead atoms. The summed E-state index contributed by atoms with van der Waals surface area (Å²) in [6, 6.07) is 8.95. The number of hydrogen-bond donors (Lipinski definition) is 2. The molecule has 1 aromatic heterocycles. The number of rotatable bonds is 6. The first-order valence-corrected chi connectivity index (χ1v) is 13.8. The van der Waals surface area contributed by atoms with E-state index < -0.39 is 17.4 Å². The van der Waals surface area contributed by atoms with Crippen LogP contribution in [0.25, 0.3) is 10.9 Å². The molecule has 2 aromatic carbocycles. The van der Waals surface area contributed by atoms with E-state index in [0.29, 0.717) is 40.7 Å². The summed E-state index contributed by atoms with van der Waals surface area (Å²) in [5.74, 6) is 0.146. The number of phenols is 1. The molecule has 0 radical (unpaired) electrons. The predicted octanol–water partition coefficient (Wildman–Crippen LogP) is 4.81. The van der Waals surface area contributed by atoms with Crippen LogP contribution < -0.4 is 4.74 Å². The third-order valence-corrected chi connectivity index (χ3v) is 8.87. The van der Waals surface area contributed by atoms with Gasteiger partial charge >= 0.3 is 6.03 Å². The van der Waals surface area contributed by atoms with Crippen LogP contribution in [0.15, 0.2) is 36.4 Å². The number of hydrogen-bond acceptors (Lipinski definition) is 5. The Labute approximate surface area is 227 Å². The molecule has 3 aromatic rings. The summed E-state index contributed by atoms with van der Waals surface area (Å²) < 4.78 is 20.8. The summed E-state index contributed by atoms with van der Waals surface area (Å²) >= 11 is 0. The summed E-state index contributed by atoms with van der Waals surface area (Å²) in [7, 11) is 1.42. The number of H-pyrrole nitrogens is 1. The van der Waals surface area contributed by atoms with E-state index in [4.69, 9.17) is 4.74 Å². The molecule has 2 saturated heterocycles. The van der Waals surface area contributed by atoms with Gasteiger partial charge in [-0.2, -0.15) is 0 Å². The SMILES string of the molecule is COc1ccc2[nH]c3c(c2c1F)C[C@@]1(C)C(=O)N(CCCN2CCC(C)CC2)C(=O)N1[C@@H]3c1cccc(O)c1. The number of aromatic nitrogens is 1. The monoisotopic (exact) mass is 534 g/mol. The summed E-state index contributed by atoms with van der Waals surface area (Å²) in [5, 5.41) is 10.7. The number of fused-ring (bicyclic) bond motifs is 4. The standard InChI is InChI=1S/C30H35FN4O4/c1-18-10-14-33(15-11-18)12-5-13-34-28(37)30(2)17-21-24-22(8-9-23(39-3)25(24)31)32-26(21)27(35(30)29(34)38)19-6-4-7-20(36)16-19/h4,6-9,16,18,27,32,36H,5,10-15,17H2,1-3H3/t27-,30+/m1/s1. The van der Waals surface area contributed by atoms with Crippen molar-refractivity contribution in [3.63, 3.8) is 0 Å². The molecular formula is C30H35FN4O4. The fourth-order valence-electron chi connectivity index (χ4n) is 6.68. The topological polar surface area (TPSA) is 89.1 Å². The second-order valence-electron chi connectivity index (χ2n) is 11.5. The normalized spacial score (nSPS) is 23.9. The van der Waals surface area contributed by atoms with E-state index in [1.54, 1.807) is 42.2 Å². The molecule has 0 unspecified atom stereocenters. The van der Waals surface area contributed by atoms with Gasteiger partial charge in [0, 0.05) is 29.6 Å². The Hall–Kier alpha value is -3.59. The van der Waals surface area contributed by atoms with Crippen molar-refractivity contribution in [2.45, 2.75) is 51.1 Å². The minimum Gasteiger partial charge on any atom is -0.508 e. The Morgan fingerprint density at radius 3 is 2.64 bits per heavy atom. The summed E-state index contributed by atoms with van der Waals surface area (Å²) in [6.07, 6.45) is 3.22. The predicted molar refractivity (Wildman–Crippen MR) is 145 cm³/mol. The second-order valence-corrected chi connectivity index (χ2v) is 11.5. The number of halogens is 1. The number of likely N-dealkylation sites (tertiary alicyclic amines) is 1. The largest absolute Gasteiger partial charge is 0.508 e. The second kappa shape index (κ2) is 9.55. The number of urea groups is 1. The van der Waals surface area contributed by atoms with Crippen molar-refractivity contribution in [1.29, 1.82) is 0 Å². The van der Waals surface area contributed by atoms with Gasteiger partial charge in [-0.15, -0.1) is 0 Å². The van der Waals surface area contributed by atoms with Crippen LogP contribution in [0.4, 0.5) is 9.18 Å². The number of aromatic hydroxyl groups is 1. The highest BCUT2D eigenvalue weighted by Crippen LogP contribution is 2.49. The van der Waals surface area contributed by atoms with E-state index in [1.807, 2.05) is 6.07 Å². The van der Waals surface area contributed by atoms with Gasteiger partial charge < -0.3 is 19.7 Å². The van der Waals surface area contributed by atoms with Crippen LogP contribution in [-0.4, -0.2) is 75.6 Å². The van der Waals surface area contributed by atoms with Crippen LogP contribution in [-0.2, 0) is 11.2 Å². The van der Waals surface area contributed by atoms with Gasteiger partial charge in [-0.05, 0) is 87.1 Å². The van der Waals surface area contributed by atoms with Gasteiger partial charge in [0.25, 0.3) is 5.91 Å². The average molecular weight is 535 g/mol. The van der Waals surface area contributed by atoms with E-state index in [-0.39, 0.29) is 29.9 Å². The van der Waals surface area contributed by atoms with Crippen LogP contribution in [0, 0.1) is 11.7 Å². The number of imide groups is 1. The average Bonchev–Trinajstić information content (AvgIpc) is 3.37. The third kappa shape index (κ3) is 4.06. The Kier molecular flexibility index (Phi) is 6.29. The highest BCUT2D eigenvalue weighted by molar-refractivity contribution is 6.08. The van der Waals surface area contributed by atoms with Gasteiger partial charge in [0.2, 0.25) is 0 Å². The highest BCUT2D eigenvalue weighted by Gasteiger charge is 2.60. The molecular weight excluding hydrogens is 499 g/mol. The van der Waals surface area contributed by atoms with E-state index in [0.717, 1.165) is 25.6 Å². The smallest absolute Gasteiger partial charge is 0.328 e. The number of amides is 3. The number of nitrogens with one attached hydrogen (secondary N) is 1. The molecule has 9 heteroatoms. The number of nitrogens with zero attached hydrogens (tertiary/aromatic N) is 3. The maximum atomic E-state index is 15.6. The number of carbonyl (C=O) groups excluding carboxylic acids is 2. The maximum absolute atomic E-state index is 15.6. The van der Waals surface area contributed by atoms with E-state index in [9.17, 15) is 14.7 Å². The Bertz CT molecular complexity index is 1450. The van der Waals surface area contributed by atoms with Crippen molar-refractivity contribution in [2.75, 3.05) is 33.3 Å². The molecule has 2 N–H and O–H groups in total. The molecule has 3 aliphatic rings. The van der Waals surface area contributed by atoms with Crippen LogP contribution in [0.2, 0.25) is 0 Å². The minimum absolute atomic E-state index is 0.0518. The van der Waals surface area contributed by atoms with Crippen LogP contribution >= 0.6 is 0 Å². The van der Waals surface area contributed by atoms with Gasteiger partial charge in [0.15, 0.2) is 11.6 Å². The van der Waals surface area contributed by atoms with Crippen LogP contribution in [0.3, 0.4) is 0 Å². The van der Waals surface area contributed by atoms with Crippen molar-refractivity contribution in [3.8, 4) is 11.5 Å². The molecule has 4 heterocycles. The van der Waals surface area contributed by atoms with Crippen molar-refractivity contribution in [3.05, 3.63) is 59.0 Å². The number of benzene rings is 2. The number of ether oxygens (including phenoxy) is 1. The molecule has 2 atom stereocenters. The molecule has 0 spiro atoms. The molecule has 206 valence electrons. The summed E-state index contributed by atoms with van der Waals surface area (Å²) in [6.45, 7) is 7.31. The summed E-state index contributed by atoms with van der Waals surface area (Å²) in [5.41, 5.74) is 1.31. The number of carbonyl (C=O) groups is 2. The van der Waals surface area contributed by atoms with Gasteiger partial charge in [-0.25, -0.2) is 9.18 Å². The first kappa shape index (κ1) is 25.7.